The largest absolute Gasteiger partial charge is 0.329 e. The highest BCUT2D eigenvalue weighted by atomic mass is 31.2. The number of hydrogen-bond acceptors (Lipinski definition) is 4. The molecule has 0 radical (unpaired) electrons. The van der Waals surface area contributed by atoms with Crippen molar-refractivity contribution in [2.24, 2.45) is 5.73 Å². The Bertz CT molecular complexity index is 212. The Morgan fingerprint density at radius 3 is 2.75 bits per heavy atom. The fraction of sp³-hybridized carbons (Fsp3) is 0.857. The van der Waals surface area contributed by atoms with Gasteiger partial charge < -0.3 is 10.3 Å². The van der Waals surface area contributed by atoms with Gasteiger partial charge in [-0.2, -0.15) is 5.26 Å². The average molecular weight is 190 g/mol. The van der Waals surface area contributed by atoms with E-state index in [1.165, 1.54) is 0 Å². The second-order valence-corrected chi connectivity index (χ2v) is 5.41. The highest BCUT2D eigenvalue weighted by molar-refractivity contribution is 7.58. The van der Waals surface area contributed by atoms with Crippen LogP contribution < -0.4 is 5.73 Å². The summed E-state index contributed by atoms with van der Waals surface area (Å²) >= 11 is 0. The standard InChI is InChI=1S/C7H15N2O2P/c1-3-11-12(2,10)5-4-7(9)6-8/h7H,3-5,9H2,1-2H3/t7-,12-/m1/s1. The number of nitrogens with zero attached hydrogens (tertiary/aromatic N) is 1. The van der Waals surface area contributed by atoms with Crippen LogP contribution in [-0.4, -0.2) is 25.5 Å². The molecule has 0 aromatic carbocycles. The smallest absolute Gasteiger partial charge is 0.200 e. The second-order valence-electron chi connectivity index (χ2n) is 2.68. The molecule has 0 unspecified atom stereocenters. The van der Waals surface area contributed by atoms with Crippen LogP contribution in [0.3, 0.4) is 0 Å². The van der Waals surface area contributed by atoms with Gasteiger partial charge in [0.15, 0.2) is 7.37 Å². The van der Waals surface area contributed by atoms with Gasteiger partial charge in [0.2, 0.25) is 0 Å². The van der Waals surface area contributed by atoms with Crippen molar-refractivity contribution in [2.45, 2.75) is 19.4 Å². The van der Waals surface area contributed by atoms with Crippen molar-refractivity contribution < 1.29 is 9.09 Å². The molecule has 0 amide bonds. The summed E-state index contributed by atoms with van der Waals surface area (Å²) < 4.78 is 16.5. The predicted octanol–water partition coefficient (Wildman–Crippen LogP) is 1.17. The Kier molecular flexibility index (Phi) is 5.16. The van der Waals surface area contributed by atoms with Crippen LogP contribution >= 0.6 is 7.37 Å². The lowest BCUT2D eigenvalue weighted by Gasteiger charge is -2.12. The maximum Gasteiger partial charge on any atom is 0.200 e. The first kappa shape index (κ1) is 11.6. The van der Waals surface area contributed by atoms with Gasteiger partial charge in [-0.25, -0.2) is 0 Å². The fourth-order valence-electron chi connectivity index (χ4n) is 0.776. The van der Waals surface area contributed by atoms with Crippen LogP contribution in [-0.2, 0) is 9.09 Å². The predicted molar refractivity (Wildman–Crippen MR) is 48.2 cm³/mol. The molecule has 0 aliphatic heterocycles. The Hall–Kier alpha value is -0.360. The van der Waals surface area contributed by atoms with Crippen LogP contribution in [0, 0.1) is 11.3 Å². The molecule has 0 aliphatic rings. The van der Waals surface area contributed by atoms with E-state index >= 15 is 0 Å². The first-order chi connectivity index (χ1) is 5.52. The van der Waals surface area contributed by atoms with Gasteiger partial charge in [0.05, 0.1) is 18.7 Å². The molecule has 12 heavy (non-hydrogen) atoms. The van der Waals surface area contributed by atoms with E-state index < -0.39 is 13.4 Å². The summed E-state index contributed by atoms with van der Waals surface area (Å²) in [5, 5.41) is 8.36. The Morgan fingerprint density at radius 2 is 2.33 bits per heavy atom. The zero-order valence-corrected chi connectivity index (χ0v) is 8.38. The van der Waals surface area contributed by atoms with Crippen molar-refractivity contribution in [2.75, 3.05) is 19.4 Å². The zero-order chi connectivity index (χ0) is 9.61. The van der Waals surface area contributed by atoms with Gasteiger partial charge in [0, 0.05) is 12.8 Å². The van der Waals surface area contributed by atoms with Crippen LogP contribution in [0.15, 0.2) is 0 Å². The molecule has 2 atom stereocenters. The molecule has 0 heterocycles. The lowest BCUT2D eigenvalue weighted by molar-refractivity contribution is 0.336. The zero-order valence-electron chi connectivity index (χ0n) is 7.49. The van der Waals surface area contributed by atoms with Crippen molar-refractivity contribution >= 4 is 7.37 Å². The summed E-state index contributed by atoms with van der Waals surface area (Å²) in [6.07, 6.45) is 0.819. The summed E-state index contributed by atoms with van der Waals surface area (Å²) in [7, 11) is -2.49. The van der Waals surface area contributed by atoms with Gasteiger partial charge in [-0.1, -0.05) is 0 Å². The van der Waals surface area contributed by atoms with Crippen molar-refractivity contribution in [3.8, 4) is 6.07 Å². The van der Waals surface area contributed by atoms with Gasteiger partial charge in [-0.15, -0.1) is 0 Å². The van der Waals surface area contributed by atoms with Crippen LogP contribution in [0.1, 0.15) is 13.3 Å². The summed E-state index contributed by atoms with van der Waals surface area (Å²) in [5.74, 6) is 0. The van der Waals surface area contributed by atoms with Crippen LogP contribution in [0.2, 0.25) is 0 Å². The molecule has 0 aliphatic carbocycles. The van der Waals surface area contributed by atoms with Crippen LogP contribution in [0.5, 0.6) is 0 Å². The summed E-state index contributed by atoms with van der Waals surface area (Å²) in [4.78, 5) is 0. The topological polar surface area (TPSA) is 76.1 Å². The normalized spacial score (nSPS) is 17.8. The first-order valence-electron chi connectivity index (χ1n) is 3.88. The third-order valence-corrected chi connectivity index (χ3v) is 3.29. The van der Waals surface area contributed by atoms with Crippen molar-refractivity contribution in [1.29, 1.82) is 5.26 Å². The van der Waals surface area contributed by atoms with E-state index in [4.69, 9.17) is 15.5 Å². The number of rotatable bonds is 5. The summed E-state index contributed by atoms with van der Waals surface area (Å²) in [6.45, 7) is 3.80. The van der Waals surface area contributed by atoms with Gasteiger partial charge >= 0.3 is 0 Å². The van der Waals surface area contributed by atoms with Crippen LogP contribution in [0.25, 0.3) is 0 Å². The summed E-state index contributed by atoms with van der Waals surface area (Å²) in [5.41, 5.74) is 5.34. The lowest BCUT2D eigenvalue weighted by Crippen LogP contribution is -2.18. The molecule has 4 nitrogen and oxygen atoms in total. The number of nitrogens with two attached hydrogens (primary N) is 1. The summed E-state index contributed by atoms with van der Waals surface area (Å²) in [6, 6.07) is 1.35. The molecule has 2 N–H and O–H groups in total. The molecule has 5 heteroatoms. The molecule has 0 aromatic rings. The average Bonchev–Trinajstić information content (AvgIpc) is 2.00. The molecular weight excluding hydrogens is 175 g/mol. The van der Waals surface area contributed by atoms with Gasteiger partial charge in [0.1, 0.15) is 0 Å². The quantitative estimate of drug-likeness (QED) is 0.660. The van der Waals surface area contributed by atoms with E-state index in [2.05, 4.69) is 0 Å². The van der Waals surface area contributed by atoms with Crippen LogP contribution in [0.4, 0.5) is 0 Å². The minimum atomic E-state index is -2.49. The highest BCUT2D eigenvalue weighted by Crippen LogP contribution is 2.42. The van der Waals surface area contributed by atoms with E-state index in [1.807, 2.05) is 6.07 Å². The third-order valence-electron chi connectivity index (χ3n) is 1.41. The highest BCUT2D eigenvalue weighted by Gasteiger charge is 2.16. The molecule has 0 fully saturated rings. The Labute approximate surface area is 73.2 Å². The van der Waals surface area contributed by atoms with E-state index in [1.54, 1.807) is 13.6 Å². The maximum absolute atomic E-state index is 11.4. The minimum absolute atomic E-state index is 0.384. The van der Waals surface area contributed by atoms with Crippen molar-refractivity contribution in [1.82, 2.24) is 0 Å². The monoisotopic (exact) mass is 190 g/mol. The number of hydrogen-bond donors (Lipinski definition) is 1. The molecule has 0 saturated carbocycles. The van der Waals surface area contributed by atoms with E-state index in [9.17, 15) is 4.57 Å². The molecule has 70 valence electrons. The lowest BCUT2D eigenvalue weighted by atomic mass is 10.3. The fourth-order valence-corrected chi connectivity index (χ4v) is 2.20. The van der Waals surface area contributed by atoms with Crippen molar-refractivity contribution in [3.63, 3.8) is 0 Å². The minimum Gasteiger partial charge on any atom is -0.329 e. The first-order valence-corrected chi connectivity index (χ1v) is 6.14. The molecule has 0 rings (SSSR count). The molecular formula is C7H15N2O2P. The molecule has 0 saturated heterocycles. The van der Waals surface area contributed by atoms with Gasteiger partial charge in [-0.05, 0) is 13.3 Å². The Morgan fingerprint density at radius 1 is 1.75 bits per heavy atom. The van der Waals surface area contributed by atoms with Gasteiger partial charge in [-0.3, -0.25) is 4.57 Å². The molecule has 0 bridgehead atoms. The van der Waals surface area contributed by atoms with E-state index in [-0.39, 0.29) is 0 Å². The Balaban J connectivity index is 3.77. The third kappa shape index (κ3) is 5.31. The van der Waals surface area contributed by atoms with Crippen molar-refractivity contribution in [3.05, 3.63) is 0 Å². The molecule has 0 spiro atoms. The maximum atomic E-state index is 11.4. The van der Waals surface area contributed by atoms with Gasteiger partial charge in [0.25, 0.3) is 0 Å². The number of nitriles is 1. The van der Waals surface area contributed by atoms with E-state index in [0.717, 1.165) is 0 Å². The second kappa shape index (κ2) is 5.31. The van der Waals surface area contributed by atoms with E-state index in [0.29, 0.717) is 19.2 Å². The molecule has 0 aromatic heterocycles. The SMILES string of the molecule is CCO[P@@](C)(=O)CC[C@@H](N)C#N.